The smallest absolute Gasteiger partial charge is 0.410 e. The molecule has 1 aliphatic rings. The van der Waals surface area contributed by atoms with Crippen molar-refractivity contribution >= 4 is 18.0 Å². The Bertz CT molecular complexity index is 738. The van der Waals surface area contributed by atoms with E-state index < -0.39 is 5.60 Å². The summed E-state index contributed by atoms with van der Waals surface area (Å²) in [6.07, 6.45) is 3.84. The third-order valence-corrected chi connectivity index (χ3v) is 4.64. The first-order valence-corrected chi connectivity index (χ1v) is 10.5. The van der Waals surface area contributed by atoms with Crippen LogP contribution in [0.25, 0.3) is 0 Å². The van der Waals surface area contributed by atoms with Gasteiger partial charge in [-0.15, -0.1) is 0 Å². The fraction of sp³-hybridized carbons (Fsp3) is 0.667. The van der Waals surface area contributed by atoms with Crippen LogP contribution in [0.1, 0.15) is 56.2 Å². The first kappa shape index (κ1) is 23.6. The quantitative estimate of drug-likeness (QED) is 0.369. The number of furan rings is 1. The minimum Gasteiger partial charge on any atom is -0.459 e. The highest BCUT2D eigenvalue weighted by molar-refractivity contribution is 5.92. The van der Waals surface area contributed by atoms with E-state index in [2.05, 4.69) is 20.9 Å². The molecule has 1 fully saturated rings. The minimum absolute atomic E-state index is 0.110. The second kappa shape index (κ2) is 10.9. The molecule has 1 aromatic rings. The molecule has 9 heteroatoms. The molecule has 1 aliphatic heterocycles. The number of carbonyl (C=O) groups is 2. The van der Waals surface area contributed by atoms with E-state index in [1.807, 2.05) is 27.7 Å². The van der Waals surface area contributed by atoms with Gasteiger partial charge in [0.1, 0.15) is 5.60 Å². The number of nitrogens with zero attached hydrogens (tertiary/aromatic N) is 2. The predicted molar refractivity (Wildman–Crippen MR) is 116 cm³/mol. The second-order valence-electron chi connectivity index (χ2n) is 8.45. The lowest BCUT2D eigenvalue weighted by molar-refractivity contribution is 0.0193. The molecule has 1 atom stereocenters. The van der Waals surface area contributed by atoms with Crippen LogP contribution in [0.15, 0.2) is 21.7 Å². The standard InChI is InChI=1S/C21H35N5O4/c1-15-9-13-29-17(15)18(27)23-10-7-11-24-19(22-5)25-16-8-6-12-26(14-16)20(28)30-21(2,3)4/h9,13,16H,6-8,10-12,14H2,1-5H3,(H,23,27)(H2,22,24,25). The molecule has 0 aliphatic carbocycles. The summed E-state index contributed by atoms with van der Waals surface area (Å²) in [7, 11) is 1.71. The van der Waals surface area contributed by atoms with E-state index in [1.165, 1.54) is 6.26 Å². The molecule has 2 heterocycles. The van der Waals surface area contributed by atoms with Crippen LogP contribution in [-0.4, -0.2) is 67.7 Å². The summed E-state index contributed by atoms with van der Waals surface area (Å²) < 4.78 is 10.7. The van der Waals surface area contributed by atoms with Crippen molar-refractivity contribution in [2.45, 2.75) is 58.6 Å². The Morgan fingerprint density at radius 1 is 1.30 bits per heavy atom. The van der Waals surface area contributed by atoms with Crippen molar-refractivity contribution in [2.24, 2.45) is 4.99 Å². The van der Waals surface area contributed by atoms with Gasteiger partial charge in [0.2, 0.25) is 0 Å². The van der Waals surface area contributed by atoms with Gasteiger partial charge in [0, 0.05) is 44.8 Å². The molecule has 0 bridgehead atoms. The highest BCUT2D eigenvalue weighted by atomic mass is 16.6. The molecule has 1 aromatic heterocycles. The maximum atomic E-state index is 12.3. The van der Waals surface area contributed by atoms with E-state index in [0.717, 1.165) is 24.8 Å². The van der Waals surface area contributed by atoms with Crippen molar-refractivity contribution in [3.8, 4) is 0 Å². The van der Waals surface area contributed by atoms with E-state index in [-0.39, 0.29) is 18.0 Å². The van der Waals surface area contributed by atoms with Crippen LogP contribution in [-0.2, 0) is 4.74 Å². The van der Waals surface area contributed by atoms with Crippen LogP contribution in [0.5, 0.6) is 0 Å². The highest BCUT2D eigenvalue weighted by Crippen LogP contribution is 2.15. The van der Waals surface area contributed by atoms with Gasteiger partial charge in [0.15, 0.2) is 11.7 Å². The number of ether oxygens (including phenoxy) is 1. The number of nitrogens with one attached hydrogen (secondary N) is 3. The summed E-state index contributed by atoms with van der Waals surface area (Å²) in [6.45, 7) is 9.91. The number of guanidine groups is 1. The molecule has 2 rings (SSSR count). The van der Waals surface area contributed by atoms with Gasteiger partial charge >= 0.3 is 6.09 Å². The summed E-state index contributed by atoms with van der Waals surface area (Å²) in [5.74, 6) is 0.830. The number of amides is 2. The van der Waals surface area contributed by atoms with E-state index in [9.17, 15) is 9.59 Å². The monoisotopic (exact) mass is 421 g/mol. The lowest BCUT2D eigenvalue weighted by Crippen LogP contribution is -2.53. The summed E-state index contributed by atoms with van der Waals surface area (Å²) in [6, 6.07) is 1.88. The zero-order valence-electron chi connectivity index (χ0n) is 18.7. The minimum atomic E-state index is -0.500. The third kappa shape index (κ3) is 7.61. The number of piperidine rings is 1. The van der Waals surface area contributed by atoms with Gasteiger partial charge in [-0.2, -0.15) is 0 Å². The van der Waals surface area contributed by atoms with Crippen LogP contribution in [0.2, 0.25) is 0 Å². The van der Waals surface area contributed by atoms with Crippen molar-refractivity contribution in [3.05, 3.63) is 23.7 Å². The van der Waals surface area contributed by atoms with Crippen LogP contribution in [0, 0.1) is 6.92 Å². The molecule has 1 unspecified atom stereocenters. The Kier molecular flexibility index (Phi) is 8.56. The molecule has 168 valence electrons. The van der Waals surface area contributed by atoms with Gasteiger partial charge in [0.25, 0.3) is 5.91 Å². The van der Waals surface area contributed by atoms with Crippen molar-refractivity contribution in [3.63, 3.8) is 0 Å². The Morgan fingerprint density at radius 2 is 2.03 bits per heavy atom. The number of aryl methyl sites for hydroxylation is 1. The lowest BCUT2D eigenvalue weighted by atomic mass is 10.1. The predicted octanol–water partition coefficient (Wildman–Crippen LogP) is 2.27. The Hall–Kier alpha value is -2.71. The van der Waals surface area contributed by atoms with Crippen molar-refractivity contribution in [1.29, 1.82) is 0 Å². The topological polar surface area (TPSA) is 108 Å². The van der Waals surface area contributed by atoms with Gasteiger partial charge in [0.05, 0.1) is 6.26 Å². The summed E-state index contributed by atoms with van der Waals surface area (Å²) in [5, 5.41) is 9.46. The number of carbonyl (C=O) groups excluding carboxylic acids is 2. The molecule has 0 saturated carbocycles. The van der Waals surface area contributed by atoms with E-state index in [0.29, 0.717) is 37.9 Å². The number of hydrogen-bond acceptors (Lipinski definition) is 5. The molecular formula is C21H35N5O4. The number of rotatable bonds is 6. The van der Waals surface area contributed by atoms with Crippen LogP contribution >= 0.6 is 0 Å². The summed E-state index contributed by atoms with van der Waals surface area (Å²) in [4.78, 5) is 30.3. The Morgan fingerprint density at radius 3 is 2.67 bits per heavy atom. The van der Waals surface area contributed by atoms with Gasteiger partial charge in [-0.3, -0.25) is 9.79 Å². The van der Waals surface area contributed by atoms with Crippen molar-refractivity contribution in [1.82, 2.24) is 20.9 Å². The largest absolute Gasteiger partial charge is 0.459 e. The molecular weight excluding hydrogens is 386 g/mol. The molecule has 1 saturated heterocycles. The number of hydrogen-bond donors (Lipinski definition) is 3. The maximum Gasteiger partial charge on any atom is 0.410 e. The Labute approximate surface area is 178 Å². The number of aliphatic imine (C=N–C) groups is 1. The van der Waals surface area contributed by atoms with Crippen LogP contribution < -0.4 is 16.0 Å². The molecule has 0 aromatic carbocycles. The van der Waals surface area contributed by atoms with Crippen LogP contribution in [0.3, 0.4) is 0 Å². The fourth-order valence-electron chi connectivity index (χ4n) is 3.16. The zero-order chi connectivity index (χ0) is 22.1. The first-order chi connectivity index (χ1) is 14.2. The molecule has 30 heavy (non-hydrogen) atoms. The normalized spacial score (nSPS) is 17.4. The van der Waals surface area contributed by atoms with Gasteiger partial charge < -0.3 is 30.0 Å². The third-order valence-electron chi connectivity index (χ3n) is 4.64. The highest BCUT2D eigenvalue weighted by Gasteiger charge is 2.28. The molecule has 2 amide bonds. The average Bonchev–Trinajstić information content (AvgIpc) is 3.11. The second-order valence-corrected chi connectivity index (χ2v) is 8.45. The molecule has 0 spiro atoms. The summed E-state index contributed by atoms with van der Waals surface area (Å²) in [5.41, 5.74) is 0.322. The van der Waals surface area contributed by atoms with E-state index >= 15 is 0 Å². The van der Waals surface area contributed by atoms with E-state index in [1.54, 1.807) is 18.0 Å². The SMILES string of the molecule is CN=C(NCCCNC(=O)c1occc1C)NC1CCCN(C(=O)OC(C)(C)C)C1. The average molecular weight is 422 g/mol. The fourth-order valence-corrected chi connectivity index (χ4v) is 3.16. The first-order valence-electron chi connectivity index (χ1n) is 10.5. The van der Waals surface area contributed by atoms with Gasteiger partial charge in [-0.25, -0.2) is 4.79 Å². The van der Waals surface area contributed by atoms with Crippen molar-refractivity contribution < 1.29 is 18.7 Å². The maximum absolute atomic E-state index is 12.3. The van der Waals surface area contributed by atoms with E-state index in [4.69, 9.17) is 9.15 Å². The molecule has 3 N–H and O–H groups in total. The van der Waals surface area contributed by atoms with Crippen LogP contribution in [0.4, 0.5) is 4.79 Å². The van der Waals surface area contributed by atoms with Gasteiger partial charge in [-0.05, 0) is 53.0 Å². The lowest BCUT2D eigenvalue weighted by Gasteiger charge is -2.35. The number of likely N-dealkylation sites (tertiary alicyclic amines) is 1. The summed E-state index contributed by atoms with van der Waals surface area (Å²) >= 11 is 0. The molecule has 0 radical (unpaired) electrons. The zero-order valence-corrected chi connectivity index (χ0v) is 18.7. The molecule has 9 nitrogen and oxygen atoms in total. The van der Waals surface area contributed by atoms with Crippen molar-refractivity contribution in [2.75, 3.05) is 33.2 Å². The van der Waals surface area contributed by atoms with Gasteiger partial charge in [-0.1, -0.05) is 0 Å². The Balaban J connectivity index is 1.69.